The van der Waals surface area contributed by atoms with Crippen LogP contribution >= 0.6 is 0 Å². The number of amides is 1. The first-order chi connectivity index (χ1) is 10.2. The van der Waals surface area contributed by atoms with Crippen LogP contribution in [0.25, 0.3) is 0 Å². The molecule has 0 unspecified atom stereocenters. The Hall–Kier alpha value is -2.47. The molecule has 0 radical (unpaired) electrons. The summed E-state index contributed by atoms with van der Waals surface area (Å²) in [6.07, 6.45) is 0.746. The Balaban J connectivity index is 2.05. The predicted octanol–water partition coefficient (Wildman–Crippen LogP) is 0.413. The maximum Gasteiger partial charge on any atom is 0.274 e. The minimum atomic E-state index is -0.332. The van der Waals surface area contributed by atoms with Crippen molar-refractivity contribution < 1.29 is 4.79 Å². The first-order valence-corrected chi connectivity index (χ1v) is 6.79. The molecule has 0 saturated heterocycles. The van der Waals surface area contributed by atoms with Gasteiger partial charge in [0.25, 0.3) is 11.5 Å². The number of benzene rings is 1. The highest BCUT2D eigenvalue weighted by molar-refractivity contribution is 5.92. The summed E-state index contributed by atoms with van der Waals surface area (Å²) in [6.45, 7) is 1.39. The van der Waals surface area contributed by atoms with Gasteiger partial charge in [0.15, 0.2) is 0 Å². The molecule has 0 aliphatic rings. The molecule has 1 aromatic carbocycles. The van der Waals surface area contributed by atoms with Crippen LogP contribution in [-0.4, -0.2) is 40.6 Å². The van der Waals surface area contributed by atoms with E-state index in [9.17, 15) is 9.59 Å². The SMILES string of the molecule is NCCN(CCc1ccccc1)C(=O)c1ccc(=O)[nH]n1. The third kappa shape index (κ3) is 4.25. The second-order valence-electron chi connectivity index (χ2n) is 4.62. The van der Waals surface area contributed by atoms with Gasteiger partial charge in [0, 0.05) is 25.7 Å². The number of aromatic nitrogens is 2. The minimum Gasteiger partial charge on any atom is -0.336 e. The minimum absolute atomic E-state index is 0.219. The average molecular weight is 286 g/mol. The summed E-state index contributed by atoms with van der Waals surface area (Å²) in [5, 5.41) is 6.03. The number of nitrogens with one attached hydrogen (secondary N) is 1. The molecule has 1 heterocycles. The first-order valence-electron chi connectivity index (χ1n) is 6.79. The lowest BCUT2D eigenvalue weighted by Crippen LogP contribution is -2.37. The van der Waals surface area contributed by atoms with Crippen LogP contribution < -0.4 is 11.3 Å². The molecule has 0 saturated carbocycles. The summed E-state index contributed by atoms with van der Waals surface area (Å²) in [4.78, 5) is 25.0. The van der Waals surface area contributed by atoms with Crippen molar-refractivity contribution in [1.82, 2.24) is 15.1 Å². The van der Waals surface area contributed by atoms with Crippen LogP contribution in [0, 0.1) is 0 Å². The van der Waals surface area contributed by atoms with E-state index in [2.05, 4.69) is 10.2 Å². The van der Waals surface area contributed by atoms with Crippen molar-refractivity contribution in [3.8, 4) is 0 Å². The Kier molecular flexibility index (Phi) is 5.22. The fourth-order valence-electron chi connectivity index (χ4n) is 2.01. The molecular weight excluding hydrogens is 268 g/mol. The zero-order valence-electron chi connectivity index (χ0n) is 11.7. The standard InChI is InChI=1S/C15H18N4O2/c16-9-11-19(10-8-12-4-2-1-3-5-12)15(21)13-6-7-14(20)18-17-13/h1-7H,8-11,16H2,(H,18,20). The summed E-state index contributed by atoms with van der Waals surface area (Å²) in [5.41, 5.74) is 6.61. The van der Waals surface area contributed by atoms with Crippen molar-refractivity contribution in [2.45, 2.75) is 6.42 Å². The van der Waals surface area contributed by atoms with Crippen LogP contribution in [-0.2, 0) is 6.42 Å². The monoisotopic (exact) mass is 286 g/mol. The number of carbonyl (C=O) groups is 1. The van der Waals surface area contributed by atoms with Gasteiger partial charge in [-0.05, 0) is 18.1 Å². The zero-order chi connectivity index (χ0) is 15.1. The van der Waals surface area contributed by atoms with Crippen molar-refractivity contribution in [3.63, 3.8) is 0 Å². The normalized spacial score (nSPS) is 10.3. The highest BCUT2D eigenvalue weighted by atomic mass is 16.2. The summed E-state index contributed by atoms with van der Waals surface area (Å²) < 4.78 is 0. The van der Waals surface area contributed by atoms with Gasteiger partial charge in [-0.2, -0.15) is 5.10 Å². The Labute approximate surface area is 122 Å². The maximum absolute atomic E-state index is 12.4. The summed E-state index contributed by atoms with van der Waals surface area (Å²) >= 11 is 0. The quantitative estimate of drug-likeness (QED) is 0.804. The molecule has 3 N–H and O–H groups in total. The van der Waals surface area contributed by atoms with Crippen molar-refractivity contribution in [1.29, 1.82) is 0 Å². The number of H-pyrrole nitrogens is 1. The number of rotatable bonds is 6. The lowest BCUT2D eigenvalue weighted by Gasteiger charge is -2.21. The second-order valence-corrected chi connectivity index (χ2v) is 4.62. The number of hydrogen-bond acceptors (Lipinski definition) is 4. The van der Waals surface area contributed by atoms with E-state index in [1.807, 2.05) is 30.3 Å². The Bertz CT molecular complexity index is 619. The second kappa shape index (κ2) is 7.35. The molecule has 6 heteroatoms. The van der Waals surface area contributed by atoms with Crippen molar-refractivity contribution >= 4 is 5.91 Å². The molecule has 0 atom stereocenters. The highest BCUT2D eigenvalue weighted by Gasteiger charge is 2.16. The van der Waals surface area contributed by atoms with Gasteiger partial charge in [0.1, 0.15) is 5.69 Å². The van der Waals surface area contributed by atoms with Crippen LogP contribution in [0.4, 0.5) is 0 Å². The molecule has 21 heavy (non-hydrogen) atoms. The highest BCUT2D eigenvalue weighted by Crippen LogP contribution is 2.04. The first kappa shape index (κ1) is 14.9. The number of nitrogens with zero attached hydrogens (tertiary/aromatic N) is 2. The number of aromatic amines is 1. The average Bonchev–Trinajstić information content (AvgIpc) is 2.52. The Morgan fingerprint density at radius 1 is 1.14 bits per heavy atom. The van der Waals surface area contributed by atoms with E-state index in [0.29, 0.717) is 19.6 Å². The fraction of sp³-hybridized carbons (Fsp3) is 0.267. The molecule has 0 bridgehead atoms. The van der Waals surface area contributed by atoms with E-state index in [1.54, 1.807) is 4.90 Å². The molecule has 0 spiro atoms. The van der Waals surface area contributed by atoms with Gasteiger partial charge in [-0.3, -0.25) is 9.59 Å². The van der Waals surface area contributed by atoms with Crippen LogP contribution in [0.5, 0.6) is 0 Å². The van der Waals surface area contributed by atoms with Crippen LogP contribution in [0.15, 0.2) is 47.3 Å². The van der Waals surface area contributed by atoms with Crippen molar-refractivity contribution in [2.75, 3.05) is 19.6 Å². The summed E-state index contributed by atoms with van der Waals surface area (Å²) in [7, 11) is 0. The van der Waals surface area contributed by atoms with E-state index < -0.39 is 0 Å². The molecule has 2 rings (SSSR count). The molecule has 0 aliphatic carbocycles. The van der Waals surface area contributed by atoms with Gasteiger partial charge < -0.3 is 10.6 Å². The Morgan fingerprint density at radius 2 is 1.90 bits per heavy atom. The third-order valence-electron chi connectivity index (χ3n) is 3.10. The summed E-state index contributed by atoms with van der Waals surface area (Å²) in [5.74, 6) is -0.229. The van der Waals surface area contributed by atoms with E-state index in [-0.39, 0.29) is 17.2 Å². The van der Waals surface area contributed by atoms with E-state index >= 15 is 0 Å². The smallest absolute Gasteiger partial charge is 0.274 e. The van der Waals surface area contributed by atoms with Gasteiger partial charge in [-0.25, -0.2) is 5.10 Å². The molecule has 0 aliphatic heterocycles. The molecule has 110 valence electrons. The number of hydrogen-bond donors (Lipinski definition) is 2. The van der Waals surface area contributed by atoms with Gasteiger partial charge in [0.05, 0.1) is 0 Å². The topological polar surface area (TPSA) is 92.1 Å². The summed E-state index contributed by atoms with van der Waals surface area (Å²) in [6, 6.07) is 12.6. The van der Waals surface area contributed by atoms with Gasteiger partial charge >= 0.3 is 0 Å². The van der Waals surface area contributed by atoms with E-state index in [1.165, 1.54) is 12.1 Å². The van der Waals surface area contributed by atoms with Crippen LogP contribution in [0.2, 0.25) is 0 Å². The van der Waals surface area contributed by atoms with E-state index in [0.717, 1.165) is 12.0 Å². The largest absolute Gasteiger partial charge is 0.336 e. The lowest BCUT2D eigenvalue weighted by molar-refractivity contribution is 0.0755. The van der Waals surface area contributed by atoms with Crippen molar-refractivity contribution in [2.24, 2.45) is 5.73 Å². The molecule has 2 aromatic rings. The van der Waals surface area contributed by atoms with Crippen LogP contribution in [0.3, 0.4) is 0 Å². The fourth-order valence-corrected chi connectivity index (χ4v) is 2.01. The molecule has 1 aromatic heterocycles. The van der Waals surface area contributed by atoms with Gasteiger partial charge in [0.2, 0.25) is 0 Å². The van der Waals surface area contributed by atoms with Gasteiger partial charge in [-0.15, -0.1) is 0 Å². The van der Waals surface area contributed by atoms with Crippen LogP contribution in [0.1, 0.15) is 16.1 Å². The van der Waals surface area contributed by atoms with Crippen molar-refractivity contribution in [3.05, 3.63) is 64.1 Å². The molecule has 6 nitrogen and oxygen atoms in total. The lowest BCUT2D eigenvalue weighted by atomic mass is 10.1. The number of carbonyl (C=O) groups excluding carboxylic acids is 1. The molecular formula is C15H18N4O2. The predicted molar refractivity (Wildman–Crippen MR) is 80.0 cm³/mol. The molecule has 1 amide bonds. The zero-order valence-corrected chi connectivity index (χ0v) is 11.7. The maximum atomic E-state index is 12.4. The van der Waals surface area contributed by atoms with E-state index in [4.69, 9.17) is 5.73 Å². The molecule has 0 fully saturated rings. The number of nitrogens with two attached hydrogens (primary N) is 1. The third-order valence-corrected chi connectivity index (χ3v) is 3.10. The Morgan fingerprint density at radius 3 is 2.52 bits per heavy atom. The van der Waals surface area contributed by atoms with Gasteiger partial charge in [-0.1, -0.05) is 30.3 Å².